The molecule has 2 aromatic heterocycles. The Labute approximate surface area is 129 Å². The summed E-state index contributed by atoms with van der Waals surface area (Å²) in [5.41, 5.74) is 1.43. The number of hydrogen-bond donors (Lipinski definition) is 1. The fraction of sp³-hybridized carbons (Fsp3) is 0.357. The number of amides is 1. The number of thiophene rings is 1. The van der Waals surface area contributed by atoms with Crippen LogP contribution in [0.4, 0.5) is 0 Å². The third kappa shape index (κ3) is 2.98. The Hall–Kier alpha value is -1.73. The van der Waals surface area contributed by atoms with E-state index in [0.717, 1.165) is 17.0 Å². The molecule has 1 aliphatic rings. The Morgan fingerprint density at radius 1 is 1.38 bits per heavy atom. The normalized spacial score (nSPS) is 18.7. The summed E-state index contributed by atoms with van der Waals surface area (Å²) in [4.78, 5) is 29.5. The van der Waals surface area contributed by atoms with Crippen LogP contribution in [0.2, 0.25) is 0 Å². The Morgan fingerprint density at radius 3 is 2.95 bits per heavy atom. The van der Waals surface area contributed by atoms with Gasteiger partial charge in [-0.2, -0.15) is 11.3 Å². The minimum absolute atomic E-state index is 0.168. The van der Waals surface area contributed by atoms with E-state index in [2.05, 4.69) is 4.98 Å². The highest BCUT2D eigenvalue weighted by Crippen LogP contribution is 2.27. The molecule has 1 fully saturated rings. The molecule has 110 valence electrons. The highest BCUT2D eigenvalue weighted by Gasteiger charge is 2.29. The van der Waals surface area contributed by atoms with E-state index in [9.17, 15) is 9.59 Å². The van der Waals surface area contributed by atoms with Crippen LogP contribution in [0.1, 0.15) is 23.3 Å². The molecule has 1 aliphatic heterocycles. The number of piperidine rings is 1. The molecule has 5 nitrogen and oxygen atoms in total. The summed E-state index contributed by atoms with van der Waals surface area (Å²) in [6, 6.07) is 1.97. The first-order valence-corrected chi connectivity index (χ1v) is 8.47. The standard InChI is InChI=1S/C14H14N2O3S2/c17-13(16-4-1-2-9(6-16)14(18)19)11-8-21-12(15-11)10-3-5-20-7-10/h3,5,7-9H,1-2,4,6H2,(H,18,19)/t9-/m1/s1. The summed E-state index contributed by atoms with van der Waals surface area (Å²) in [6.45, 7) is 0.882. The highest BCUT2D eigenvalue weighted by molar-refractivity contribution is 7.14. The van der Waals surface area contributed by atoms with Gasteiger partial charge in [-0.25, -0.2) is 4.98 Å². The first-order valence-electron chi connectivity index (χ1n) is 6.65. The predicted molar refractivity (Wildman–Crippen MR) is 81.7 cm³/mol. The maximum Gasteiger partial charge on any atom is 0.308 e. The van der Waals surface area contributed by atoms with Crippen LogP contribution in [0, 0.1) is 5.92 Å². The summed E-state index contributed by atoms with van der Waals surface area (Å²) in [5, 5.41) is 15.6. The lowest BCUT2D eigenvalue weighted by molar-refractivity contribution is -0.143. The molecule has 0 aromatic carbocycles. The molecular weight excluding hydrogens is 308 g/mol. The van der Waals surface area contributed by atoms with Crippen molar-refractivity contribution < 1.29 is 14.7 Å². The fourth-order valence-electron chi connectivity index (χ4n) is 2.42. The van der Waals surface area contributed by atoms with Crippen LogP contribution in [0.3, 0.4) is 0 Å². The number of likely N-dealkylation sites (tertiary alicyclic amines) is 1. The molecule has 7 heteroatoms. The average molecular weight is 322 g/mol. The van der Waals surface area contributed by atoms with Gasteiger partial charge >= 0.3 is 5.97 Å². The number of thiazole rings is 1. The van der Waals surface area contributed by atoms with E-state index >= 15 is 0 Å². The van der Waals surface area contributed by atoms with Gasteiger partial charge in [0.15, 0.2) is 0 Å². The van der Waals surface area contributed by atoms with Crippen molar-refractivity contribution >= 4 is 34.6 Å². The molecule has 1 N–H and O–H groups in total. The van der Waals surface area contributed by atoms with Gasteiger partial charge in [-0.05, 0) is 24.3 Å². The lowest BCUT2D eigenvalue weighted by Crippen LogP contribution is -2.42. The SMILES string of the molecule is O=C(O)[C@@H]1CCCN(C(=O)c2csc(-c3ccsc3)n2)C1. The van der Waals surface area contributed by atoms with Gasteiger partial charge in [0, 0.05) is 29.4 Å². The molecule has 1 atom stereocenters. The molecule has 0 aliphatic carbocycles. The summed E-state index contributed by atoms with van der Waals surface area (Å²) in [5.74, 6) is -1.46. The first kappa shape index (κ1) is 14.2. The predicted octanol–water partition coefficient (Wildman–Crippen LogP) is 2.81. The molecular formula is C14H14N2O3S2. The second-order valence-corrected chi connectivity index (χ2v) is 6.62. The largest absolute Gasteiger partial charge is 0.481 e. The van der Waals surface area contributed by atoms with E-state index in [1.54, 1.807) is 21.6 Å². The van der Waals surface area contributed by atoms with Crippen molar-refractivity contribution in [2.45, 2.75) is 12.8 Å². The number of carboxylic acid groups (broad SMARTS) is 1. The molecule has 2 aromatic rings. The highest BCUT2D eigenvalue weighted by atomic mass is 32.1. The van der Waals surface area contributed by atoms with Crippen LogP contribution in [0.25, 0.3) is 10.6 Å². The van der Waals surface area contributed by atoms with E-state index in [4.69, 9.17) is 5.11 Å². The number of carbonyl (C=O) groups excluding carboxylic acids is 1. The van der Waals surface area contributed by atoms with Crippen LogP contribution >= 0.6 is 22.7 Å². The van der Waals surface area contributed by atoms with E-state index in [1.165, 1.54) is 11.3 Å². The Kier molecular flexibility index (Phi) is 4.03. The second kappa shape index (κ2) is 5.95. The monoisotopic (exact) mass is 322 g/mol. The van der Waals surface area contributed by atoms with Crippen LogP contribution in [0.15, 0.2) is 22.2 Å². The average Bonchev–Trinajstić information content (AvgIpc) is 3.17. The van der Waals surface area contributed by atoms with Crippen molar-refractivity contribution in [1.29, 1.82) is 0 Å². The third-order valence-corrected chi connectivity index (χ3v) is 5.12. The van der Waals surface area contributed by atoms with Crippen molar-refractivity contribution in [3.8, 4) is 10.6 Å². The Bertz CT molecular complexity index is 651. The number of aliphatic carboxylic acids is 1. The van der Waals surface area contributed by atoms with Gasteiger partial charge in [0.25, 0.3) is 5.91 Å². The van der Waals surface area contributed by atoms with Crippen LogP contribution < -0.4 is 0 Å². The zero-order valence-corrected chi connectivity index (χ0v) is 12.8. The lowest BCUT2D eigenvalue weighted by Gasteiger charge is -2.30. The minimum atomic E-state index is -0.829. The smallest absolute Gasteiger partial charge is 0.308 e. The number of hydrogen-bond acceptors (Lipinski definition) is 5. The third-order valence-electron chi connectivity index (χ3n) is 3.55. The molecule has 0 saturated carbocycles. The topological polar surface area (TPSA) is 70.5 Å². The Morgan fingerprint density at radius 2 is 2.24 bits per heavy atom. The zero-order chi connectivity index (χ0) is 14.8. The lowest BCUT2D eigenvalue weighted by atomic mass is 9.98. The van der Waals surface area contributed by atoms with E-state index in [1.807, 2.05) is 16.8 Å². The number of nitrogens with zero attached hydrogens (tertiary/aromatic N) is 2. The van der Waals surface area contributed by atoms with Gasteiger partial charge in [0.1, 0.15) is 10.7 Å². The van der Waals surface area contributed by atoms with Gasteiger partial charge < -0.3 is 10.0 Å². The van der Waals surface area contributed by atoms with E-state index < -0.39 is 11.9 Å². The number of carbonyl (C=O) groups is 2. The molecule has 3 rings (SSSR count). The van der Waals surface area contributed by atoms with Gasteiger partial charge in [-0.1, -0.05) is 0 Å². The summed E-state index contributed by atoms with van der Waals surface area (Å²) in [7, 11) is 0. The van der Waals surface area contributed by atoms with Gasteiger partial charge in [0.2, 0.25) is 0 Å². The first-order chi connectivity index (χ1) is 10.1. The van der Waals surface area contributed by atoms with Crippen molar-refractivity contribution in [2.24, 2.45) is 5.92 Å². The van der Waals surface area contributed by atoms with Crippen LogP contribution in [-0.4, -0.2) is 40.0 Å². The summed E-state index contributed by atoms with van der Waals surface area (Å²) < 4.78 is 0. The minimum Gasteiger partial charge on any atom is -0.481 e. The molecule has 1 saturated heterocycles. The molecule has 0 spiro atoms. The van der Waals surface area contributed by atoms with Crippen molar-refractivity contribution in [3.05, 3.63) is 27.9 Å². The van der Waals surface area contributed by atoms with Crippen LogP contribution in [0.5, 0.6) is 0 Å². The van der Waals surface area contributed by atoms with E-state index in [0.29, 0.717) is 18.7 Å². The van der Waals surface area contributed by atoms with Gasteiger partial charge in [-0.15, -0.1) is 11.3 Å². The number of aromatic nitrogens is 1. The quantitative estimate of drug-likeness (QED) is 0.943. The fourth-order valence-corrected chi connectivity index (χ4v) is 3.92. The van der Waals surface area contributed by atoms with Crippen molar-refractivity contribution in [3.63, 3.8) is 0 Å². The molecule has 0 unspecified atom stereocenters. The zero-order valence-electron chi connectivity index (χ0n) is 11.2. The maximum atomic E-state index is 12.4. The summed E-state index contributed by atoms with van der Waals surface area (Å²) >= 11 is 3.03. The molecule has 0 radical (unpaired) electrons. The summed E-state index contributed by atoms with van der Waals surface area (Å²) in [6.07, 6.45) is 1.36. The molecule has 0 bridgehead atoms. The molecule has 21 heavy (non-hydrogen) atoms. The number of rotatable bonds is 3. The van der Waals surface area contributed by atoms with Gasteiger partial charge in [0.05, 0.1) is 5.92 Å². The Balaban J connectivity index is 1.74. The number of carboxylic acids is 1. The van der Waals surface area contributed by atoms with E-state index in [-0.39, 0.29) is 12.5 Å². The van der Waals surface area contributed by atoms with Gasteiger partial charge in [-0.3, -0.25) is 9.59 Å². The van der Waals surface area contributed by atoms with Crippen LogP contribution in [-0.2, 0) is 4.79 Å². The second-order valence-electron chi connectivity index (χ2n) is 4.98. The molecule has 1 amide bonds. The van der Waals surface area contributed by atoms with Crippen molar-refractivity contribution in [1.82, 2.24) is 9.88 Å². The van der Waals surface area contributed by atoms with Crippen molar-refractivity contribution in [2.75, 3.05) is 13.1 Å². The maximum absolute atomic E-state index is 12.4. The molecule has 3 heterocycles.